The molecule has 0 bridgehead atoms. The summed E-state index contributed by atoms with van der Waals surface area (Å²) < 4.78 is 53.8. The number of nitrogens with one attached hydrogen (secondary N) is 2. The van der Waals surface area contributed by atoms with Crippen LogP contribution in [0.2, 0.25) is 0 Å². The van der Waals surface area contributed by atoms with Crippen LogP contribution in [0, 0.1) is 5.92 Å². The van der Waals surface area contributed by atoms with E-state index >= 15 is 0 Å². The van der Waals surface area contributed by atoms with Crippen molar-refractivity contribution < 1.29 is 91.7 Å². The van der Waals surface area contributed by atoms with Gasteiger partial charge in [-0.05, 0) is 51.4 Å². The van der Waals surface area contributed by atoms with Gasteiger partial charge in [-0.3, -0.25) is 28.5 Å². The SMILES string of the molecule is CCCCCCCCCCCCCC(=O)OC(CCCCCCCCCCC)CC(=O)OC1C(C)C(CO)OC(OCC(OC)C(O)C(O)[C@@H](CCOP(=O)(O)O)NC(=O)CC(O)CCCCCCCCCCC)C1NC(=O)CC(CCCCCCCCCCC)OC(=O)CCCCCCCCCCC. The van der Waals surface area contributed by atoms with E-state index in [1.165, 1.54) is 161 Å². The standard InChI is InChI=1S/C83H159N2O19P/c1-8-13-18-23-28-33-34-39-44-49-54-59-77(91)102-70(57-52-47-42-37-31-26-21-16-11-4)64-78(92)104-82-67(6)72(65-86)103-83(79(82)85-75(89)63-69(56-51-46-41-36-30-25-20-15-10-3)101-76(90)58-53-48-43-38-32-27-22-17-12-5)99-66-73(98-7)81(94)80(93)71(60-61-100-105(95,96)97)84-74(88)62-68(87)55-50-45-40-35-29-24-19-14-9-2/h67-73,79-83,86-87,93-94H,8-66H2,1-7H3,(H,84,88)(H,85,89)(H2,95,96,97)/t67?,68?,69?,70?,71-,72?,73?,79?,80?,81?,82?,83?/m1/s1. The Morgan fingerprint density at radius 1 is 0.457 bits per heavy atom. The Kier molecular flexibility index (Phi) is 64.9. The number of hydrogen-bond donors (Lipinski definition) is 8. The molecule has 0 aromatic rings. The Morgan fingerprint density at radius 3 is 1.21 bits per heavy atom. The molecule has 620 valence electrons. The predicted molar refractivity (Wildman–Crippen MR) is 418 cm³/mol. The van der Waals surface area contributed by atoms with E-state index in [2.05, 4.69) is 45.3 Å². The summed E-state index contributed by atoms with van der Waals surface area (Å²) in [4.78, 5) is 89.4. The summed E-state index contributed by atoms with van der Waals surface area (Å²) in [6.07, 6.45) is 39.8. The summed E-state index contributed by atoms with van der Waals surface area (Å²) in [7, 11) is -3.77. The third kappa shape index (κ3) is 55.3. The molecular formula is C83H159N2O19P. The number of rotatable bonds is 75. The van der Waals surface area contributed by atoms with Gasteiger partial charge in [-0.2, -0.15) is 0 Å². The molecule has 1 rings (SSSR count). The molecule has 12 atom stereocenters. The van der Waals surface area contributed by atoms with E-state index in [1.807, 2.05) is 0 Å². The van der Waals surface area contributed by atoms with Gasteiger partial charge >= 0.3 is 25.7 Å². The van der Waals surface area contributed by atoms with Crippen LogP contribution < -0.4 is 10.6 Å². The Labute approximate surface area is 638 Å². The summed E-state index contributed by atoms with van der Waals surface area (Å²) in [6.45, 7) is 10.9. The van der Waals surface area contributed by atoms with Gasteiger partial charge in [0.2, 0.25) is 11.8 Å². The van der Waals surface area contributed by atoms with Crippen LogP contribution in [0.3, 0.4) is 0 Å². The first-order chi connectivity index (χ1) is 50.8. The number of esters is 3. The first-order valence-corrected chi connectivity index (χ1v) is 44.6. The van der Waals surface area contributed by atoms with Gasteiger partial charge < -0.3 is 69.3 Å². The average Bonchev–Trinajstić information content (AvgIpc) is 0.793. The summed E-state index contributed by atoms with van der Waals surface area (Å²) in [5.74, 6) is -3.54. The molecule has 105 heavy (non-hydrogen) atoms. The number of methoxy groups -OCH3 is 1. The molecule has 1 saturated heterocycles. The van der Waals surface area contributed by atoms with Crippen molar-refractivity contribution in [2.24, 2.45) is 5.92 Å². The van der Waals surface area contributed by atoms with Gasteiger partial charge in [0.05, 0.1) is 57.3 Å². The second-order valence-electron chi connectivity index (χ2n) is 30.7. The van der Waals surface area contributed by atoms with Crippen molar-refractivity contribution >= 4 is 37.5 Å². The fourth-order valence-electron chi connectivity index (χ4n) is 14.2. The largest absolute Gasteiger partial charge is 0.469 e. The van der Waals surface area contributed by atoms with Crippen LogP contribution in [-0.4, -0.2) is 154 Å². The molecule has 0 radical (unpaired) electrons. The lowest BCUT2D eigenvalue weighted by Gasteiger charge is -2.45. The number of carbonyl (C=O) groups is 5. The van der Waals surface area contributed by atoms with Crippen molar-refractivity contribution in [2.75, 3.05) is 26.9 Å². The van der Waals surface area contributed by atoms with Gasteiger partial charge in [-0.15, -0.1) is 0 Å². The van der Waals surface area contributed by atoms with Crippen molar-refractivity contribution in [3.8, 4) is 0 Å². The number of unbranched alkanes of at least 4 members (excludes halogenated alkanes) is 42. The molecule has 1 aliphatic rings. The quantitative estimate of drug-likeness (QED) is 0.0121. The molecule has 1 aliphatic heterocycles. The smallest absolute Gasteiger partial charge is 0.462 e. The first-order valence-electron chi connectivity index (χ1n) is 43.1. The van der Waals surface area contributed by atoms with Crippen LogP contribution in [0.1, 0.15) is 401 Å². The van der Waals surface area contributed by atoms with E-state index < -0.39 is 125 Å². The zero-order valence-corrected chi connectivity index (χ0v) is 68.5. The Bertz CT molecular complexity index is 2130. The molecule has 8 N–H and O–H groups in total. The van der Waals surface area contributed by atoms with E-state index in [1.54, 1.807) is 6.92 Å². The molecule has 11 unspecified atom stereocenters. The molecule has 21 nitrogen and oxygen atoms in total. The first kappa shape index (κ1) is 100. The van der Waals surface area contributed by atoms with Gasteiger partial charge in [-0.1, -0.05) is 318 Å². The molecule has 0 spiro atoms. The van der Waals surface area contributed by atoms with E-state index in [4.69, 9.17) is 32.9 Å². The lowest BCUT2D eigenvalue weighted by molar-refractivity contribution is -0.268. The minimum atomic E-state index is -5.01. The molecule has 0 saturated carbocycles. The number of hydrogen-bond acceptors (Lipinski definition) is 17. The van der Waals surface area contributed by atoms with E-state index in [-0.39, 0.29) is 44.0 Å². The Balaban J connectivity index is 3.69. The molecular weight excluding hydrogens is 1360 g/mol. The third-order valence-corrected chi connectivity index (χ3v) is 21.5. The van der Waals surface area contributed by atoms with Crippen molar-refractivity contribution in [1.29, 1.82) is 0 Å². The number of aliphatic hydroxyl groups excluding tert-OH is 4. The summed E-state index contributed by atoms with van der Waals surface area (Å²) in [6, 6.07) is -2.71. The zero-order valence-electron chi connectivity index (χ0n) is 67.6. The fourth-order valence-corrected chi connectivity index (χ4v) is 14.6. The number of aliphatic hydroxyl groups is 4. The van der Waals surface area contributed by atoms with Crippen molar-refractivity contribution in [3.63, 3.8) is 0 Å². The second kappa shape index (κ2) is 68.0. The number of amides is 2. The molecule has 1 fully saturated rings. The van der Waals surface area contributed by atoms with E-state index in [0.29, 0.717) is 44.9 Å². The summed E-state index contributed by atoms with van der Waals surface area (Å²) in [5.41, 5.74) is 0. The van der Waals surface area contributed by atoms with Crippen molar-refractivity contribution in [2.45, 2.75) is 468 Å². The lowest BCUT2D eigenvalue weighted by atomic mass is 9.88. The maximum atomic E-state index is 14.8. The Morgan fingerprint density at radius 2 is 0.829 bits per heavy atom. The average molecular weight is 1520 g/mol. The van der Waals surface area contributed by atoms with Gasteiger partial charge in [0.1, 0.15) is 42.7 Å². The lowest BCUT2D eigenvalue weighted by Crippen LogP contribution is -2.63. The van der Waals surface area contributed by atoms with Crippen LogP contribution in [-0.2, 0) is 61.5 Å². The number of ether oxygens (including phenoxy) is 6. The topological polar surface area (TPSA) is 312 Å². The minimum Gasteiger partial charge on any atom is -0.462 e. The summed E-state index contributed by atoms with van der Waals surface area (Å²) >= 11 is 0. The van der Waals surface area contributed by atoms with Gasteiger partial charge in [-0.25, -0.2) is 4.57 Å². The molecule has 0 aromatic carbocycles. The highest BCUT2D eigenvalue weighted by atomic mass is 31.2. The number of phosphoric ester groups is 1. The van der Waals surface area contributed by atoms with Gasteiger partial charge in [0, 0.05) is 25.9 Å². The molecule has 2 amide bonds. The summed E-state index contributed by atoms with van der Waals surface area (Å²) in [5, 5.41) is 51.3. The van der Waals surface area contributed by atoms with Crippen LogP contribution in [0.15, 0.2) is 0 Å². The molecule has 22 heteroatoms. The predicted octanol–water partition coefficient (Wildman–Crippen LogP) is 18.2. The van der Waals surface area contributed by atoms with Gasteiger partial charge in [0.25, 0.3) is 0 Å². The maximum absolute atomic E-state index is 14.8. The van der Waals surface area contributed by atoms with Crippen LogP contribution in [0.25, 0.3) is 0 Å². The molecule has 1 heterocycles. The van der Waals surface area contributed by atoms with Crippen LogP contribution in [0.4, 0.5) is 0 Å². The monoisotopic (exact) mass is 1520 g/mol. The maximum Gasteiger partial charge on any atom is 0.469 e. The highest BCUT2D eigenvalue weighted by Gasteiger charge is 2.48. The minimum absolute atomic E-state index is 0.211. The molecule has 0 aromatic heterocycles. The highest BCUT2D eigenvalue weighted by Crippen LogP contribution is 2.36. The second-order valence-corrected chi connectivity index (χ2v) is 32.0. The van der Waals surface area contributed by atoms with Crippen LogP contribution in [0.5, 0.6) is 0 Å². The molecule has 0 aliphatic carbocycles. The van der Waals surface area contributed by atoms with Gasteiger partial charge in [0.15, 0.2) is 6.29 Å². The number of carbonyl (C=O) groups excluding carboxylic acids is 5. The highest BCUT2D eigenvalue weighted by molar-refractivity contribution is 7.46. The number of phosphoric acid groups is 1. The van der Waals surface area contributed by atoms with E-state index in [9.17, 15) is 58.8 Å². The third-order valence-electron chi connectivity index (χ3n) is 20.9. The normalized spacial score (nSPS) is 18.2. The fraction of sp³-hybridized carbons (Fsp3) is 0.940. The van der Waals surface area contributed by atoms with E-state index in [0.717, 1.165) is 122 Å². The van der Waals surface area contributed by atoms with Crippen molar-refractivity contribution in [3.05, 3.63) is 0 Å². The Hall–Kier alpha value is -2.82. The van der Waals surface area contributed by atoms with Crippen molar-refractivity contribution in [1.82, 2.24) is 10.6 Å². The zero-order chi connectivity index (χ0) is 77.4. The van der Waals surface area contributed by atoms with Crippen LogP contribution >= 0.6 is 7.82 Å².